The van der Waals surface area contributed by atoms with Gasteiger partial charge in [0, 0.05) is 18.8 Å². The second-order valence-corrected chi connectivity index (χ2v) is 7.26. The minimum atomic E-state index is -0.503. The van der Waals surface area contributed by atoms with Gasteiger partial charge in [0.1, 0.15) is 10.2 Å². The molecule has 7 nitrogen and oxygen atoms in total. The molecule has 0 radical (unpaired) electrons. The number of piperidine rings is 1. The standard InChI is InChI=1S/C14H24BrN5O2/c1-9-11(15)18-19-12(16-9)17-10-6-5-7-20(8-10)13(21)22-14(2,3)4/h10,18H,5-8H2,1-4H3,(H2,16,17,19)/t10-/m1/s1/i/hD. The third-order valence-electron chi connectivity index (χ3n) is 3.24. The molecule has 1 amide bonds. The molecule has 0 unspecified atom stereocenters. The number of nitrogens with one attached hydrogen (secondary N) is 3. The highest BCUT2D eigenvalue weighted by Crippen LogP contribution is 2.17. The van der Waals surface area contributed by atoms with E-state index in [0.717, 1.165) is 24.0 Å². The molecular weight excluding hydrogens is 350 g/mol. The quantitative estimate of drug-likeness (QED) is 0.612. The number of guanidine groups is 1. The van der Waals surface area contributed by atoms with E-state index in [2.05, 4.69) is 31.7 Å². The molecule has 0 aliphatic carbocycles. The van der Waals surface area contributed by atoms with Crippen LogP contribution >= 0.6 is 15.9 Å². The Morgan fingerprint density at radius 1 is 1.55 bits per heavy atom. The molecule has 1 fully saturated rings. The van der Waals surface area contributed by atoms with Gasteiger partial charge in [0.25, 0.3) is 0 Å². The Hall–Kier alpha value is -1.44. The maximum absolute atomic E-state index is 12.2. The summed E-state index contributed by atoms with van der Waals surface area (Å²) in [7, 11) is 0. The third-order valence-corrected chi connectivity index (χ3v) is 4.01. The number of amides is 1. The van der Waals surface area contributed by atoms with E-state index in [9.17, 15) is 4.79 Å². The lowest BCUT2D eigenvalue weighted by Crippen LogP contribution is -2.50. The van der Waals surface area contributed by atoms with Crippen molar-refractivity contribution in [1.29, 1.82) is 0 Å². The number of halogens is 1. The number of hydrogen-bond donors (Lipinski definition) is 3. The number of allylic oxidation sites excluding steroid dienone is 1. The Morgan fingerprint density at radius 2 is 2.27 bits per heavy atom. The Balaban J connectivity index is 2.01. The molecule has 2 rings (SSSR count). The van der Waals surface area contributed by atoms with Crippen molar-refractivity contribution in [3.05, 3.63) is 10.3 Å². The lowest BCUT2D eigenvalue weighted by atomic mass is 10.1. The SMILES string of the molecule is [2H]N1NC(Br)=C(C)NC1=N[C@@H]1CCCN(C(=O)OC(C)(C)C)C1. The number of hydrogen-bond acceptors (Lipinski definition) is 4. The molecular formula is C14H24BrN5O2. The maximum Gasteiger partial charge on any atom is 0.410 e. The molecule has 8 heteroatoms. The number of likely N-dealkylation sites (tertiary alicyclic amines) is 1. The van der Waals surface area contributed by atoms with E-state index >= 15 is 0 Å². The minimum Gasteiger partial charge on any atom is -0.444 e. The fraction of sp³-hybridized carbons (Fsp3) is 0.714. The Kier molecular flexibility index (Phi) is 4.75. The molecule has 0 spiro atoms. The smallest absolute Gasteiger partial charge is 0.410 e. The van der Waals surface area contributed by atoms with E-state index in [1.54, 1.807) is 4.90 Å². The van der Waals surface area contributed by atoms with Crippen molar-refractivity contribution in [2.45, 2.75) is 52.2 Å². The van der Waals surface area contributed by atoms with Crippen LogP contribution in [0.2, 0.25) is 1.41 Å². The molecule has 22 heavy (non-hydrogen) atoms. The van der Waals surface area contributed by atoms with Crippen molar-refractivity contribution < 1.29 is 10.9 Å². The molecule has 2 aliphatic heterocycles. The van der Waals surface area contributed by atoms with Gasteiger partial charge in [-0.3, -0.25) is 10.8 Å². The first-order chi connectivity index (χ1) is 10.7. The maximum atomic E-state index is 12.2. The zero-order valence-electron chi connectivity index (χ0n) is 14.4. The zero-order valence-corrected chi connectivity index (χ0v) is 15.0. The lowest BCUT2D eigenvalue weighted by molar-refractivity contribution is 0.0201. The average molecular weight is 375 g/mol. The van der Waals surface area contributed by atoms with E-state index in [4.69, 9.17) is 6.15 Å². The van der Waals surface area contributed by atoms with Crippen LogP contribution in [0.15, 0.2) is 15.3 Å². The van der Waals surface area contributed by atoms with Crippen LogP contribution in [0.3, 0.4) is 0 Å². The molecule has 124 valence electrons. The van der Waals surface area contributed by atoms with Crippen LogP contribution in [0.1, 0.15) is 40.5 Å². The van der Waals surface area contributed by atoms with Gasteiger partial charge >= 0.3 is 6.09 Å². The molecule has 0 bridgehead atoms. The second kappa shape index (κ2) is 6.76. The van der Waals surface area contributed by atoms with Gasteiger partial charge in [-0.2, -0.15) is 0 Å². The Bertz CT molecular complexity index is 532. The van der Waals surface area contributed by atoms with Crippen molar-refractivity contribution in [1.82, 2.24) is 21.1 Å². The van der Waals surface area contributed by atoms with Crippen LogP contribution in [0.5, 0.6) is 0 Å². The number of carbonyl (C=O) groups excluding carboxylic acids is 1. The van der Waals surface area contributed by atoms with Crippen molar-refractivity contribution in [3.63, 3.8) is 0 Å². The molecule has 0 aromatic rings. The van der Waals surface area contributed by atoms with Crippen molar-refractivity contribution in [3.8, 4) is 0 Å². The van der Waals surface area contributed by atoms with Gasteiger partial charge in [-0.25, -0.2) is 9.79 Å². The van der Waals surface area contributed by atoms with Crippen LogP contribution in [0.25, 0.3) is 0 Å². The predicted molar refractivity (Wildman–Crippen MR) is 89.3 cm³/mol. The highest BCUT2D eigenvalue weighted by Gasteiger charge is 2.28. The molecule has 1 saturated heterocycles. The van der Waals surface area contributed by atoms with Crippen molar-refractivity contribution in [2.24, 2.45) is 4.99 Å². The molecule has 0 aromatic carbocycles. The summed E-state index contributed by atoms with van der Waals surface area (Å²) in [4.78, 5) is 18.4. The summed E-state index contributed by atoms with van der Waals surface area (Å²) in [6, 6.07) is -0.0573. The molecule has 3 N–H and O–H groups in total. The summed E-state index contributed by atoms with van der Waals surface area (Å²) in [6.07, 6.45) is 1.44. The first kappa shape index (κ1) is 15.5. The van der Waals surface area contributed by atoms with E-state index in [1.165, 1.54) is 0 Å². The summed E-state index contributed by atoms with van der Waals surface area (Å²) >= 11 is 3.32. The molecule has 0 aromatic heterocycles. The third kappa shape index (κ3) is 4.79. The molecule has 2 aliphatic rings. The summed E-state index contributed by atoms with van der Waals surface area (Å²) < 4.78 is 14.0. The van der Waals surface area contributed by atoms with Gasteiger partial charge < -0.3 is 15.0 Å². The van der Waals surface area contributed by atoms with Crippen LogP contribution in [-0.4, -0.2) is 41.7 Å². The van der Waals surface area contributed by atoms with Crippen LogP contribution < -0.4 is 16.2 Å². The van der Waals surface area contributed by atoms with Crippen molar-refractivity contribution >= 4 is 28.0 Å². The minimum absolute atomic E-state index is 0.0573. The first-order valence-corrected chi connectivity index (χ1v) is 8.20. The van der Waals surface area contributed by atoms with Crippen LogP contribution in [-0.2, 0) is 4.74 Å². The normalized spacial score (nSPS) is 25.6. The average Bonchev–Trinajstić information content (AvgIpc) is 2.43. The first-order valence-electron chi connectivity index (χ1n) is 7.85. The van der Waals surface area contributed by atoms with Gasteiger partial charge in [-0.1, -0.05) is 0 Å². The summed E-state index contributed by atoms with van der Waals surface area (Å²) in [5.41, 5.74) is 4.26. The number of carbonyl (C=O) groups is 1. The second-order valence-electron chi connectivity index (χ2n) is 6.46. The molecule has 2 heterocycles. The fourth-order valence-electron chi connectivity index (χ4n) is 2.22. The van der Waals surface area contributed by atoms with E-state index < -0.39 is 5.60 Å². The van der Waals surface area contributed by atoms with E-state index in [0.29, 0.717) is 23.7 Å². The highest BCUT2D eigenvalue weighted by molar-refractivity contribution is 9.11. The molecule has 1 atom stereocenters. The van der Waals surface area contributed by atoms with Crippen LogP contribution in [0.4, 0.5) is 4.79 Å². The van der Waals surface area contributed by atoms with Gasteiger partial charge in [-0.15, -0.1) is 0 Å². The number of rotatable bonds is 1. The topological polar surface area (TPSA) is 78.0 Å². The fourth-order valence-corrected chi connectivity index (χ4v) is 2.41. The van der Waals surface area contributed by atoms with Gasteiger partial charge in [0.2, 0.25) is 5.96 Å². The number of nitrogens with zero attached hydrogens (tertiary/aromatic N) is 2. The van der Waals surface area contributed by atoms with Crippen molar-refractivity contribution in [2.75, 3.05) is 13.1 Å². The Morgan fingerprint density at radius 3 is 2.95 bits per heavy atom. The largest absolute Gasteiger partial charge is 0.444 e. The highest BCUT2D eigenvalue weighted by atomic mass is 79.9. The van der Waals surface area contributed by atoms with Gasteiger partial charge in [0.15, 0.2) is 1.41 Å². The monoisotopic (exact) mass is 374 g/mol. The Labute approximate surface area is 141 Å². The van der Waals surface area contributed by atoms with Crippen LogP contribution in [0, 0.1) is 0 Å². The van der Waals surface area contributed by atoms with Gasteiger partial charge in [0.05, 0.1) is 6.04 Å². The molecule has 0 saturated carbocycles. The summed E-state index contributed by atoms with van der Waals surface area (Å²) in [5, 5.41) is 3.07. The lowest BCUT2D eigenvalue weighted by Gasteiger charge is -2.33. The zero-order chi connectivity index (χ0) is 17.2. The van der Waals surface area contributed by atoms with Gasteiger partial charge in [-0.05, 0) is 56.5 Å². The number of ether oxygens (including phenoxy) is 1. The number of hydrazine groups is 1. The summed E-state index contributed by atoms with van der Waals surface area (Å²) in [5.74, 6) is 0.418. The predicted octanol–water partition coefficient (Wildman–Crippen LogP) is 2.02. The number of aliphatic imine (C=N–C) groups is 1. The van der Waals surface area contributed by atoms with E-state index in [1.807, 2.05) is 27.7 Å². The van der Waals surface area contributed by atoms with E-state index in [-0.39, 0.29) is 12.1 Å². The summed E-state index contributed by atoms with van der Waals surface area (Å²) in [6.45, 7) is 8.63.